The predicted octanol–water partition coefficient (Wildman–Crippen LogP) is 2.27. The topological polar surface area (TPSA) is 42.7 Å². The molecular weight excluding hydrogens is 212 g/mol. The molecule has 1 N–H and O–H groups in total. The van der Waals surface area contributed by atoms with Gasteiger partial charge in [-0.2, -0.15) is 5.10 Å². The van der Waals surface area contributed by atoms with Crippen LogP contribution in [0.3, 0.4) is 0 Å². The minimum atomic E-state index is 0.803. The van der Waals surface area contributed by atoms with Gasteiger partial charge >= 0.3 is 0 Å². The highest BCUT2D eigenvalue weighted by Gasteiger charge is 2.11. The molecule has 96 valence electrons. The fourth-order valence-electron chi connectivity index (χ4n) is 2.60. The molecule has 4 heteroatoms. The van der Waals surface area contributed by atoms with Crippen LogP contribution in [0.2, 0.25) is 0 Å². The first kappa shape index (κ1) is 12.6. The summed E-state index contributed by atoms with van der Waals surface area (Å²) in [7, 11) is 1.91. The molecule has 1 aliphatic carbocycles. The Morgan fingerprint density at radius 2 is 1.94 bits per heavy atom. The molecule has 1 heterocycles. The summed E-state index contributed by atoms with van der Waals surface area (Å²) in [6.45, 7) is 1.93. The van der Waals surface area contributed by atoms with Gasteiger partial charge in [0.1, 0.15) is 6.33 Å². The van der Waals surface area contributed by atoms with Gasteiger partial charge in [0.05, 0.1) is 6.54 Å². The third-order valence-corrected chi connectivity index (χ3v) is 3.59. The monoisotopic (exact) mass is 236 g/mol. The van der Waals surface area contributed by atoms with E-state index in [0.29, 0.717) is 0 Å². The highest BCUT2D eigenvalue weighted by molar-refractivity contribution is 4.80. The van der Waals surface area contributed by atoms with Crippen LogP contribution in [-0.2, 0) is 13.6 Å². The minimum Gasteiger partial charge on any atom is -0.310 e. The Morgan fingerprint density at radius 3 is 2.59 bits per heavy atom. The van der Waals surface area contributed by atoms with Crippen LogP contribution < -0.4 is 5.32 Å². The van der Waals surface area contributed by atoms with Crippen LogP contribution in [0, 0.1) is 5.92 Å². The maximum Gasteiger partial charge on any atom is 0.164 e. The molecule has 1 aliphatic rings. The van der Waals surface area contributed by atoms with Crippen molar-refractivity contribution < 1.29 is 0 Å². The first-order chi connectivity index (χ1) is 8.34. The normalized spacial score (nSPS) is 18.9. The molecule has 0 atom stereocenters. The van der Waals surface area contributed by atoms with Crippen molar-refractivity contribution in [2.24, 2.45) is 13.0 Å². The molecule has 2 rings (SSSR count). The van der Waals surface area contributed by atoms with Crippen molar-refractivity contribution in [1.29, 1.82) is 0 Å². The quantitative estimate of drug-likeness (QED) is 0.872. The highest BCUT2D eigenvalue weighted by atomic mass is 15.3. The lowest BCUT2D eigenvalue weighted by Crippen LogP contribution is -2.23. The van der Waals surface area contributed by atoms with Crippen molar-refractivity contribution in [3.8, 4) is 0 Å². The summed E-state index contributed by atoms with van der Waals surface area (Å²) in [5.74, 6) is 1.76. The van der Waals surface area contributed by atoms with E-state index in [4.69, 9.17) is 0 Å². The lowest BCUT2D eigenvalue weighted by Gasteiger charge is -2.19. The lowest BCUT2D eigenvalue weighted by molar-refractivity contribution is 0.359. The molecule has 0 aliphatic heterocycles. The van der Waals surface area contributed by atoms with Crippen molar-refractivity contribution in [2.45, 2.75) is 51.5 Å². The van der Waals surface area contributed by atoms with E-state index in [0.717, 1.165) is 24.8 Å². The number of aryl methyl sites for hydroxylation is 1. The predicted molar refractivity (Wildman–Crippen MR) is 68.5 cm³/mol. The summed E-state index contributed by atoms with van der Waals surface area (Å²) < 4.78 is 1.76. The standard InChI is InChI=1S/C13H24N4/c1-17-11-15-13(16-17)10-14-9-12-7-5-3-2-4-6-8-12/h11-12,14H,2-10H2,1H3. The van der Waals surface area contributed by atoms with Crippen molar-refractivity contribution in [3.05, 3.63) is 12.2 Å². The smallest absolute Gasteiger partial charge is 0.164 e. The van der Waals surface area contributed by atoms with Gasteiger partial charge in [-0.25, -0.2) is 4.98 Å². The minimum absolute atomic E-state index is 0.803. The second-order valence-electron chi connectivity index (χ2n) is 5.18. The number of nitrogens with one attached hydrogen (secondary N) is 1. The first-order valence-corrected chi connectivity index (χ1v) is 6.90. The van der Waals surface area contributed by atoms with Gasteiger partial charge in [-0.15, -0.1) is 0 Å². The molecule has 1 fully saturated rings. The summed E-state index contributed by atoms with van der Waals surface area (Å²) in [6, 6.07) is 0. The average Bonchev–Trinajstić information content (AvgIpc) is 2.67. The van der Waals surface area contributed by atoms with Crippen LogP contribution in [0.15, 0.2) is 6.33 Å². The molecule has 17 heavy (non-hydrogen) atoms. The van der Waals surface area contributed by atoms with Crippen molar-refractivity contribution in [1.82, 2.24) is 20.1 Å². The molecule has 0 amide bonds. The number of nitrogens with zero attached hydrogens (tertiary/aromatic N) is 3. The summed E-state index contributed by atoms with van der Waals surface area (Å²) >= 11 is 0. The summed E-state index contributed by atoms with van der Waals surface area (Å²) in [5, 5.41) is 7.76. The van der Waals surface area contributed by atoms with Crippen molar-refractivity contribution in [2.75, 3.05) is 6.54 Å². The van der Waals surface area contributed by atoms with E-state index in [9.17, 15) is 0 Å². The Balaban J connectivity index is 1.66. The number of rotatable bonds is 4. The molecule has 0 spiro atoms. The molecular formula is C13H24N4. The summed E-state index contributed by atoms with van der Waals surface area (Å²) in [4.78, 5) is 4.22. The highest BCUT2D eigenvalue weighted by Crippen LogP contribution is 2.21. The molecule has 4 nitrogen and oxygen atoms in total. The van der Waals surface area contributed by atoms with Crippen LogP contribution in [0.4, 0.5) is 0 Å². The van der Waals surface area contributed by atoms with E-state index < -0.39 is 0 Å². The molecule has 0 bridgehead atoms. The molecule has 0 aromatic carbocycles. The Hall–Kier alpha value is -0.900. The summed E-state index contributed by atoms with van der Waals surface area (Å²) in [6.07, 6.45) is 11.7. The van der Waals surface area contributed by atoms with E-state index in [2.05, 4.69) is 15.4 Å². The largest absolute Gasteiger partial charge is 0.310 e. The average molecular weight is 236 g/mol. The van der Waals surface area contributed by atoms with Gasteiger partial charge in [-0.3, -0.25) is 4.68 Å². The van der Waals surface area contributed by atoms with Crippen LogP contribution in [0.5, 0.6) is 0 Å². The van der Waals surface area contributed by atoms with Crippen molar-refractivity contribution in [3.63, 3.8) is 0 Å². The van der Waals surface area contributed by atoms with Gasteiger partial charge in [-0.1, -0.05) is 32.1 Å². The van der Waals surface area contributed by atoms with Gasteiger partial charge in [0, 0.05) is 7.05 Å². The maximum absolute atomic E-state index is 4.27. The fraction of sp³-hybridized carbons (Fsp3) is 0.846. The van der Waals surface area contributed by atoms with Gasteiger partial charge in [0.15, 0.2) is 5.82 Å². The maximum atomic E-state index is 4.27. The molecule has 1 aromatic heterocycles. The fourth-order valence-corrected chi connectivity index (χ4v) is 2.60. The van der Waals surface area contributed by atoms with E-state index in [1.54, 1.807) is 11.0 Å². The van der Waals surface area contributed by atoms with Crippen molar-refractivity contribution >= 4 is 0 Å². The van der Waals surface area contributed by atoms with E-state index in [1.807, 2.05) is 7.05 Å². The third-order valence-electron chi connectivity index (χ3n) is 3.59. The molecule has 1 aromatic rings. The number of hydrogen-bond donors (Lipinski definition) is 1. The molecule has 0 radical (unpaired) electrons. The zero-order chi connectivity index (χ0) is 11.9. The Morgan fingerprint density at radius 1 is 1.24 bits per heavy atom. The first-order valence-electron chi connectivity index (χ1n) is 6.90. The SMILES string of the molecule is Cn1cnc(CNCC2CCCCCCC2)n1. The van der Waals surface area contributed by atoms with Crippen LogP contribution in [0.25, 0.3) is 0 Å². The van der Waals surface area contributed by atoms with Crippen LogP contribution in [0.1, 0.15) is 50.8 Å². The van der Waals surface area contributed by atoms with Gasteiger partial charge in [-0.05, 0) is 25.3 Å². The molecule has 0 saturated heterocycles. The zero-order valence-corrected chi connectivity index (χ0v) is 10.9. The van der Waals surface area contributed by atoms with Crippen LogP contribution in [-0.4, -0.2) is 21.3 Å². The summed E-state index contributed by atoms with van der Waals surface area (Å²) in [5.41, 5.74) is 0. The van der Waals surface area contributed by atoms with Crippen LogP contribution >= 0.6 is 0 Å². The third kappa shape index (κ3) is 4.46. The number of hydrogen-bond acceptors (Lipinski definition) is 3. The Labute approximate surface area is 104 Å². The number of aromatic nitrogens is 3. The van der Waals surface area contributed by atoms with E-state index in [1.165, 1.54) is 44.9 Å². The lowest BCUT2D eigenvalue weighted by atomic mass is 9.91. The zero-order valence-electron chi connectivity index (χ0n) is 10.9. The molecule has 1 saturated carbocycles. The molecule has 0 unspecified atom stereocenters. The van der Waals surface area contributed by atoms with E-state index in [-0.39, 0.29) is 0 Å². The Bertz CT molecular complexity index is 313. The van der Waals surface area contributed by atoms with Gasteiger partial charge in [0.25, 0.3) is 0 Å². The second-order valence-corrected chi connectivity index (χ2v) is 5.18. The van der Waals surface area contributed by atoms with E-state index >= 15 is 0 Å². The van der Waals surface area contributed by atoms with Gasteiger partial charge < -0.3 is 5.32 Å². The second kappa shape index (κ2) is 6.74. The Kier molecular flexibility index (Phi) is 4.98. The van der Waals surface area contributed by atoms with Gasteiger partial charge in [0.2, 0.25) is 0 Å².